The minimum absolute atomic E-state index is 0.0914. The van der Waals surface area contributed by atoms with Gasteiger partial charge in [0.25, 0.3) is 0 Å². The number of fused-ring (bicyclic) bond motifs is 1. The number of phenolic OH excluding ortho intramolecular Hbond substituents is 2. The first-order valence-corrected chi connectivity index (χ1v) is 16.4. The Morgan fingerprint density at radius 1 is 0.590 bits per heavy atom. The van der Waals surface area contributed by atoms with Crippen LogP contribution in [0.1, 0.15) is 50.5 Å². The number of aromatic hydroxyl groups is 2. The summed E-state index contributed by atoms with van der Waals surface area (Å²) < 4.78 is 5.64. The molecule has 0 fully saturated rings. The summed E-state index contributed by atoms with van der Waals surface area (Å²) >= 11 is 0. The zero-order valence-corrected chi connectivity index (χ0v) is 23.6. The summed E-state index contributed by atoms with van der Waals surface area (Å²) in [7, 11) is -2.12. The van der Waals surface area contributed by atoms with Gasteiger partial charge in [-0.25, -0.2) is 0 Å². The van der Waals surface area contributed by atoms with Crippen LogP contribution < -0.4 is 20.7 Å². The van der Waals surface area contributed by atoms with Gasteiger partial charge < -0.3 is 10.2 Å². The van der Waals surface area contributed by atoms with Gasteiger partial charge in [0.15, 0.2) is 5.75 Å². The van der Waals surface area contributed by atoms with Crippen molar-refractivity contribution in [3.05, 3.63) is 115 Å². The number of hydrogen-bond acceptors (Lipinski definition) is 3. The van der Waals surface area contributed by atoms with Crippen LogP contribution in [0.4, 0.5) is 0 Å². The molecule has 0 saturated carbocycles. The Bertz CT molecular complexity index is 1270. The van der Waals surface area contributed by atoms with Gasteiger partial charge in [0, 0.05) is 0 Å². The summed E-state index contributed by atoms with van der Waals surface area (Å²) in [5.41, 5.74) is 2.11. The minimum atomic E-state index is -2.12. The predicted molar refractivity (Wildman–Crippen MR) is 167 cm³/mol. The van der Waals surface area contributed by atoms with Crippen LogP contribution in [-0.2, 0) is 0 Å². The van der Waals surface area contributed by atoms with Crippen LogP contribution in [0.3, 0.4) is 0 Å². The molecule has 0 aliphatic carbocycles. The van der Waals surface area contributed by atoms with E-state index in [4.69, 9.17) is 4.74 Å². The van der Waals surface area contributed by atoms with E-state index in [1.165, 1.54) is 65.8 Å². The molecule has 5 rings (SSSR count). The van der Waals surface area contributed by atoms with Gasteiger partial charge in [-0.3, -0.25) is 0 Å². The Morgan fingerprint density at radius 3 is 1.64 bits per heavy atom. The van der Waals surface area contributed by atoms with Crippen LogP contribution >= 0.6 is 7.26 Å². The van der Waals surface area contributed by atoms with Crippen molar-refractivity contribution in [2.75, 3.05) is 12.8 Å². The van der Waals surface area contributed by atoms with Gasteiger partial charge in [0.05, 0.1) is 0 Å². The molecule has 1 aliphatic heterocycles. The SMILES string of the molecule is Oc1cc2c(cc1O)C(CCCCCCCC[PH](c1ccccc1)(c1ccccc1)c1ccccc1)=CCO2. The van der Waals surface area contributed by atoms with E-state index >= 15 is 0 Å². The third-order valence-electron chi connectivity index (χ3n) is 8.04. The average Bonchev–Trinajstić information content (AvgIpc) is 2.99. The van der Waals surface area contributed by atoms with Crippen molar-refractivity contribution in [2.45, 2.75) is 44.9 Å². The fourth-order valence-electron chi connectivity index (χ4n) is 6.02. The molecule has 0 radical (unpaired) electrons. The van der Waals surface area contributed by atoms with E-state index < -0.39 is 7.26 Å². The Labute approximate surface area is 233 Å². The third-order valence-corrected chi connectivity index (χ3v) is 13.1. The van der Waals surface area contributed by atoms with Crippen LogP contribution in [0.2, 0.25) is 0 Å². The van der Waals surface area contributed by atoms with Crippen molar-refractivity contribution in [1.29, 1.82) is 0 Å². The van der Waals surface area contributed by atoms with Crippen molar-refractivity contribution in [3.8, 4) is 17.2 Å². The Balaban J connectivity index is 1.18. The molecule has 0 amide bonds. The molecule has 2 N–H and O–H groups in total. The molecular weight excluding hydrogens is 499 g/mol. The molecule has 0 atom stereocenters. The van der Waals surface area contributed by atoms with E-state index in [9.17, 15) is 10.2 Å². The number of ether oxygens (including phenoxy) is 1. The zero-order chi connectivity index (χ0) is 26.9. The van der Waals surface area contributed by atoms with Crippen molar-refractivity contribution in [3.63, 3.8) is 0 Å². The summed E-state index contributed by atoms with van der Waals surface area (Å²) in [6.07, 6.45) is 11.5. The Morgan fingerprint density at radius 2 is 1.08 bits per heavy atom. The standard InChI is InChI=1S/C35H39O3P/c36-33-26-32-28(23-24-38-35(32)27-34(33)37)16-8-3-1-2-4-15-25-39(29-17-9-5-10-18-29,30-19-11-6-12-20-30)31-21-13-7-14-22-31/h5-7,9-14,17-23,26-27,36-37,39H,1-4,8,15-16,24-25H2. The molecule has 1 heterocycles. The van der Waals surface area contributed by atoms with E-state index in [0.717, 1.165) is 18.4 Å². The Hall–Kier alpha value is -3.55. The van der Waals surface area contributed by atoms with Crippen molar-refractivity contribution in [2.24, 2.45) is 0 Å². The maximum atomic E-state index is 9.93. The number of hydrogen-bond donors (Lipinski definition) is 2. The van der Waals surface area contributed by atoms with Crippen LogP contribution in [0, 0.1) is 0 Å². The van der Waals surface area contributed by atoms with Gasteiger partial charge in [-0.1, -0.05) is 0 Å². The van der Waals surface area contributed by atoms with E-state index in [1.807, 2.05) is 0 Å². The van der Waals surface area contributed by atoms with Crippen LogP contribution in [0.5, 0.6) is 17.2 Å². The molecule has 39 heavy (non-hydrogen) atoms. The van der Waals surface area contributed by atoms with Gasteiger partial charge in [-0.05, 0) is 0 Å². The van der Waals surface area contributed by atoms with Crippen molar-refractivity contribution in [1.82, 2.24) is 0 Å². The van der Waals surface area contributed by atoms with E-state index in [2.05, 4.69) is 97.1 Å². The predicted octanol–water partition coefficient (Wildman–Crippen LogP) is 7.33. The second kappa shape index (κ2) is 13.0. The number of allylic oxidation sites excluding steroid dienone is 1. The normalized spacial score (nSPS) is 13.3. The molecule has 0 aromatic heterocycles. The second-order valence-corrected chi connectivity index (χ2v) is 14.5. The summed E-state index contributed by atoms with van der Waals surface area (Å²) in [6, 6.07) is 36.7. The summed E-state index contributed by atoms with van der Waals surface area (Å²) in [5.74, 6) is 0.436. The molecule has 202 valence electrons. The topological polar surface area (TPSA) is 49.7 Å². The number of unbranched alkanes of at least 4 members (excludes halogenated alkanes) is 5. The first kappa shape index (κ1) is 27.0. The quantitative estimate of drug-likeness (QED) is 0.113. The molecule has 4 heteroatoms. The molecule has 4 aromatic rings. The van der Waals surface area contributed by atoms with Crippen molar-refractivity contribution >= 4 is 28.7 Å². The fraction of sp³-hybridized carbons (Fsp3) is 0.257. The molecule has 4 aromatic carbocycles. The monoisotopic (exact) mass is 538 g/mol. The molecule has 0 spiro atoms. The van der Waals surface area contributed by atoms with Gasteiger partial charge in [0.1, 0.15) is 0 Å². The molecule has 0 bridgehead atoms. The molecule has 0 saturated heterocycles. The number of phenols is 2. The van der Waals surface area contributed by atoms with E-state index in [1.54, 1.807) is 6.07 Å². The molecular formula is C35H39O3P. The molecule has 1 aliphatic rings. The maximum absolute atomic E-state index is 9.93. The van der Waals surface area contributed by atoms with Crippen molar-refractivity contribution < 1.29 is 14.9 Å². The second-order valence-electron chi connectivity index (χ2n) is 10.5. The van der Waals surface area contributed by atoms with Crippen LogP contribution in [-0.4, -0.2) is 23.0 Å². The summed E-state index contributed by atoms with van der Waals surface area (Å²) in [6.45, 7) is 0.516. The molecule has 3 nitrogen and oxygen atoms in total. The van der Waals surface area contributed by atoms with Gasteiger partial charge in [-0.2, -0.15) is 0 Å². The average molecular weight is 539 g/mol. The van der Waals surface area contributed by atoms with Crippen LogP contribution in [0.25, 0.3) is 5.57 Å². The Kier molecular flexibility index (Phi) is 9.01. The van der Waals surface area contributed by atoms with Gasteiger partial charge in [-0.15, -0.1) is 0 Å². The zero-order valence-electron chi connectivity index (χ0n) is 22.6. The first-order valence-electron chi connectivity index (χ1n) is 14.2. The van der Waals surface area contributed by atoms with Gasteiger partial charge in [0.2, 0.25) is 0 Å². The number of benzene rings is 4. The van der Waals surface area contributed by atoms with E-state index in [-0.39, 0.29) is 11.5 Å². The summed E-state index contributed by atoms with van der Waals surface area (Å²) in [4.78, 5) is 0. The summed E-state index contributed by atoms with van der Waals surface area (Å²) in [5, 5.41) is 24.2. The number of rotatable bonds is 12. The fourth-order valence-corrected chi connectivity index (χ4v) is 11.0. The first-order chi connectivity index (χ1) is 19.2. The molecule has 0 unspecified atom stereocenters. The van der Waals surface area contributed by atoms with E-state index in [0.29, 0.717) is 12.4 Å². The third kappa shape index (κ3) is 6.21. The van der Waals surface area contributed by atoms with Crippen LogP contribution in [0.15, 0.2) is 109 Å². The van der Waals surface area contributed by atoms with Gasteiger partial charge >= 0.3 is 217 Å².